The van der Waals surface area contributed by atoms with Gasteiger partial charge in [0.1, 0.15) is 0 Å². The van der Waals surface area contributed by atoms with Gasteiger partial charge in [-0.3, -0.25) is 9.97 Å². The van der Waals surface area contributed by atoms with Crippen LogP contribution in [0.25, 0.3) is 55.5 Å². The van der Waals surface area contributed by atoms with Gasteiger partial charge in [-0.15, -0.1) is 41.0 Å². The molecule has 5 heteroatoms. The normalized spacial score (nSPS) is 10.8. The summed E-state index contributed by atoms with van der Waals surface area (Å²) in [6.45, 7) is 12.5. The molecule has 0 saturated carbocycles. The molecule has 0 bridgehead atoms. The van der Waals surface area contributed by atoms with Crippen molar-refractivity contribution in [3.8, 4) is 33.6 Å². The van der Waals surface area contributed by atoms with Crippen molar-refractivity contribution in [3.05, 3.63) is 137 Å². The Labute approximate surface area is 272 Å². The summed E-state index contributed by atoms with van der Waals surface area (Å²) in [5.41, 5.74) is 15.1. The van der Waals surface area contributed by atoms with E-state index < -0.39 is 0 Å². The van der Waals surface area contributed by atoms with Crippen LogP contribution in [0.4, 0.5) is 0 Å². The molecule has 0 saturated heterocycles. The van der Waals surface area contributed by atoms with E-state index in [2.05, 4.69) is 105 Å². The molecule has 0 amide bonds. The summed E-state index contributed by atoms with van der Waals surface area (Å²) in [6.07, 6.45) is 5.46. The summed E-state index contributed by atoms with van der Waals surface area (Å²) in [7, 11) is 0. The van der Waals surface area contributed by atoms with Crippen LogP contribution >= 0.6 is 0 Å². The second-order valence-electron chi connectivity index (χ2n) is 11.2. The van der Waals surface area contributed by atoms with Crippen molar-refractivity contribution in [3.63, 3.8) is 0 Å². The van der Waals surface area contributed by atoms with Gasteiger partial charge in [0.05, 0.1) is 5.58 Å². The number of fused-ring (bicyclic) bond motifs is 3. The van der Waals surface area contributed by atoms with E-state index >= 15 is 0 Å². The fourth-order valence-corrected chi connectivity index (χ4v) is 5.01. The fraction of sp³-hybridized carbons (Fsp3) is 0.154. The molecule has 0 fully saturated rings. The van der Waals surface area contributed by atoms with Crippen LogP contribution in [0.5, 0.6) is 0 Å². The Kier molecular flexibility index (Phi) is 9.19. The summed E-state index contributed by atoms with van der Waals surface area (Å²) in [5, 5.41) is 1.91. The molecule has 1 radical (unpaired) electrons. The van der Waals surface area contributed by atoms with Crippen molar-refractivity contribution < 1.29 is 24.5 Å². The molecule has 4 nitrogen and oxygen atoms in total. The third-order valence-corrected chi connectivity index (χ3v) is 7.92. The minimum atomic E-state index is 0. The molecule has 7 rings (SSSR count). The van der Waals surface area contributed by atoms with Crippen molar-refractivity contribution in [2.75, 3.05) is 0 Å². The van der Waals surface area contributed by atoms with Crippen molar-refractivity contribution in [2.24, 2.45) is 0 Å². The molecule has 0 aliphatic rings. The number of hydrogen-bond acceptors (Lipinski definition) is 4. The first-order valence-corrected chi connectivity index (χ1v) is 14.4. The van der Waals surface area contributed by atoms with Crippen molar-refractivity contribution in [1.82, 2.24) is 15.0 Å². The van der Waals surface area contributed by atoms with Gasteiger partial charge in [0, 0.05) is 55.7 Å². The Morgan fingerprint density at radius 3 is 2.20 bits per heavy atom. The minimum absolute atomic E-state index is 0. The number of nitrogens with zero attached hydrogens (tertiary/aromatic N) is 3. The first kappa shape index (κ1) is 31.0. The van der Waals surface area contributed by atoms with E-state index in [1.165, 1.54) is 33.4 Å². The molecule has 7 aromatic rings. The van der Waals surface area contributed by atoms with E-state index in [0.717, 1.165) is 55.6 Å². The Balaban J connectivity index is 0.000000194. The third-order valence-electron chi connectivity index (χ3n) is 7.92. The smallest absolute Gasteiger partial charge is 0.0847 e. The molecule has 0 spiro atoms. The number of furan rings is 1. The Bertz CT molecular complexity index is 2040. The van der Waals surface area contributed by atoms with Gasteiger partial charge in [-0.1, -0.05) is 89.8 Å². The molecule has 0 atom stereocenters. The summed E-state index contributed by atoms with van der Waals surface area (Å²) in [4.78, 5) is 13.8. The number of hydrogen-bond donors (Lipinski definition) is 0. The van der Waals surface area contributed by atoms with E-state index in [0.29, 0.717) is 0 Å². The van der Waals surface area contributed by atoms with E-state index in [1.54, 1.807) is 6.26 Å². The van der Waals surface area contributed by atoms with Gasteiger partial charge in [0.15, 0.2) is 0 Å². The quantitative estimate of drug-likeness (QED) is 0.169. The third kappa shape index (κ3) is 6.40. The topological polar surface area (TPSA) is 51.8 Å². The average Bonchev–Trinajstić information content (AvgIpc) is 3.49. The maximum atomic E-state index is 5.67. The SMILES string of the molecule is Cc1c[c-]c(-c2cc(C)c(C)cn2)cc1C.Cc1ccc(-c2ccnc(-c3[c-]c4ccoc4c4nc(C)ccc34)c2)cc1.[Ir]. The van der Waals surface area contributed by atoms with Crippen LogP contribution in [0, 0.1) is 53.7 Å². The summed E-state index contributed by atoms with van der Waals surface area (Å²) < 4.78 is 5.67. The summed E-state index contributed by atoms with van der Waals surface area (Å²) >= 11 is 0. The van der Waals surface area contributed by atoms with Crippen molar-refractivity contribution in [1.29, 1.82) is 0 Å². The largest absolute Gasteiger partial charge is 0.506 e. The van der Waals surface area contributed by atoms with Crippen LogP contribution in [0.3, 0.4) is 0 Å². The second kappa shape index (κ2) is 13.1. The van der Waals surface area contributed by atoms with Gasteiger partial charge in [-0.25, -0.2) is 0 Å². The van der Waals surface area contributed by atoms with E-state index in [9.17, 15) is 0 Å². The summed E-state index contributed by atoms with van der Waals surface area (Å²) in [6, 6.07) is 31.7. The fourth-order valence-electron chi connectivity index (χ4n) is 5.01. The predicted molar refractivity (Wildman–Crippen MR) is 176 cm³/mol. The Morgan fingerprint density at radius 1 is 0.682 bits per heavy atom. The first-order valence-electron chi connectivity index (χ1n) is 14.4. The molecule has 4 aromatic heterocycles. The molecular weight excluding hydrogens is 719 g/mol. The second-order valence-corrected chi connectivity index (χ2v) is 11.2. The van der Waals surface area contributed by atoms with Gasteiger partial charge < -0.3 is 9.40 Å². The Morgan fingerprint density at radius 2 is 1.45 bits per heavy atom. The first-order chi connectivity index (χ1) is 20.8. The Hall–Kier alpha value is -4.44. The van der Waals surface area contributed by atoms with E-state index in [-0.39, 0.29) is 20.1 Å². The monoisotopic (exact) mass is 752 g/mol. The van der Waals surface area contributed by atoms with Crippen molar-refractivity contribution >= 4 is 21.9 Å². The molecule has 44 heavy (non-hydrogen) atoms. The van der Waals surface area contributed by atoms with Crippen LogP contribution in [-0.2, 0) is 20.1 Å². The summed E-state index contributed by atoms with van der Waals surface area (Å²) in [5.74, 6) is 0. The standard InChI is InChI=1S/C24H17N2O.C15H16N.Ir/c1-15-3-6-17(7-4-15)18-9-11-25-22(14-18)21-13-19-10-12-27-24(19)23-20(21)8-5-16(2)26-23;1-10-5-6-14(7-11(10)2)15-8-12(3)13(4)9-16-15;/h3-12,14H,1-2H3;5,7-9H,1-4H3;/q2*-1;. The number of rotatable bonds is 3. The molecule has 0 aliphatic carbocycles. The molecule has 0 unspecified atom stereocenters. The van der Waals surface area contributed by atoms with E-state index in [4.69, 9.17) is 9.40 Å². The zero-order valence-electron chi connectivity index (χ0n) is 25.7. The minimum Gasteiger partial charge on any atom is -0.506 e. The van der Waals surface area contributed by atoms with Crippen LogP contribution in [0.1, 0.15) is 33.5 Å². The molecule has 0 N–H and O–H groups in total. The average molecular weight is 752 g/mol. The van der Waals surface area contributed by atoms with Gasteiger partial charge in [-0.05, 0) is 62.2 Å². The molecule has 4 heterocycles. The van der Waals surface area contributed by atoms with Crippen LogP contribution in [0.15, 0.2) is 95.9 Å². The number of aryl methyl sites for hydroxylation is 6. The molecule has 3 aromatic carbocycles. The van der Waals surface area contributed by atoms with Crippen LogP contribution in [-0.4, -0.2) is 15.0 Å². The predicted octanol–water partition coefficient (Wildman–Crippen LogP) is 9.91. The van der Waals surface area contributed by atoms with Crippen LogP contribution in [0.2, 0.25) is 0 Å². The maximum absolute atomic E-state index is 5.67. The van der Waals surface area contributed by atoms with Gasteiger partial charge in [0.25, 0.3) is 0 Å². The van der Waals surface area contributed by atoms with Gasteiger partial charge >= 0.3 is 0 Å². The molecule has 0 aliphatic heterocycles. The number of benzene rings is 3. The maximum Gasteiger partial charge on any atom is 0.0847 e. The molecular formula is C39H33IrN3O-2. The van der Waals surface area contributed by atoms with Gasteiger partial charge in [-0.2, -0.15) is 0 Å². The zero-order chi connectivity index (χ0) is 30.1. The molecule has 221 valence electrons. The zero-order valence-corrected chi connectivity index (χ0v) is 28.1. The van der Waals surface area contributed by atoms with E-state index in [1.807, 2.05) is 43.6 Å². The number of aromatic nitrogens is 3. The van der Waals surface area contributed by atoms with Crippen LogP contribution < -0.4 is 0 Å². The number of pyridine rings is 3. The van der Waals surface area contributed by atoms with Gasteiger partial charge in [0.2, 0.25) is 0 Å². The van der Waals surface area contributed by atoms with Crippen molar-refractivity contribution in [2.45, 2.75) is 41.5 Å².